The van der Waals surface area contributed by atoms with Crippen LogP contribution in [0.25, 0.3) is 0 Å². The number of unbranched alkanes of at least 4 members (excludes halogenated alkanes) is 5. The third kappa shape index (κ3) is 7.81. The fourth-order valence-electron chi connectivity index (χ4n) is 3.63. The van der Waals surface area contributed by atoms with Crippen LogP contribution in [0.5, 0.6) is 11.5 Å². The molecular formula is C29H30O6. The molecule has 0 aliphatic heterocycles. The van der Waals surface area contributed by atoms with Crippen LogP contribution in [0, 0.1) is 0 Å². The Hall–Kier alpha value is -3.93. The smallest absolute Gasteiger partial charge is 0.343 e. The summed E-state index contributed by atoms with van der Waals surface area (Å²) in [4.78, 5) is 36.1. The first-order valence-electron chi connectivity index (χ1n) is 11.9. The molecular weight excluding hydrogens is 444 g/mol. The first-order chi connectivity index (χ1) is 17.0. The van der Waals surface area contributed by atoms with Crippen LogP contribution in [0.1, 0.15) is 82.1 Å². The van der Waals surface area contributed by atoms with E-state index >= 15 is 0 Å². The van der Waals surface area contributed by atoms with Crippen molar-refractivity contribution in [2.45, 2.75) is 51.9 Å². The minimum Gasteiger partial charge on any atom is -0.478 e. The van der Waals surface area contributed by atoms with Crippen molar-refractivity contribution in [3.05, 3.63) is 95.1 Å². The SMILES string of the molecule is CCCCCCCCc1ccc(C(=O)Oc2ccc(C(=O)Oc3ccccc3C(=O)O)cc2)cc1. The predicted octanol–water partition coefficient (Wildman–Crippen LogP) is 6.73. The van der Waals surface area contributed by atoms with Gasteiger partial charge in [0.1, 0.15) is 17.1 Å². The number of aromatic carboxylic acids is 1. The summed E-state index contributed by atoms with van der Waals surface area (Å²) in [5.41, 5.74) is 1.74. The van der Waals surface area contributed by atoms with Crippen LogP contribution in [0.3, 0.4) is 0 Å². The minimum atomic E-state index is -1.19. The van der Waals surface area contributed by atoms with E-state index in [-0.39, 0.29) is 22.6 Å². The third-order valence-corrected chi connectivity index (χ3v) is 5.63. The number of esters is 2. The zero-order valence-electron chi connectivity index (χ0n) is 19.9. The van der Waals surface area contributed by atoms with Crippen molar-refractivity contribution < 1.29 is 29.0 Å². The van der Waals surface area contributed by atoms with Crippen LogP contribution < -0.4 is 9.47 Å². The van der Waals surface area contributed by atoms with E-state index in [9.17, 15) is 19.5 Å². The van der Waals surface area contributed by atoms with Crippen LogP contribution in [-0.2, 0) is 6.42 Å². The van der Waals surface area contributed by atoms with Gasteiger partial charge in [-0.25, -0.2) is 14.4 Å². The molecule has 3 rings (SSSR count). The van der Waals surface area contributed by atoms with Crippen molar-refractivity contribution in [2.24, 2.45) is 0 Å². The molecule has 0 fully saturated rings. The molecule has 0 saturated heterocycles. The van der Waals surface area contributed by atoms with E-state index in [0.717, 1.165) is 12.8 Å². The van der Waals surface area contributed by atoms with Gasteiger partial charge in [-0.2, -0.15) is 0 Å². The molecule has 1 N–H and O–H groups in total. The molecule has 0 radical (unpaired) electrons. The van der Waals surface area contributed by atoms with Crippen LogP contribution in [-0.4, -0.2) is 23.0 Å². The van der Waals surface area contributed by atoms with E-state index in [1.54, 1.807) is 24.3 Å². The lowest BCUT2D eigenvalue weighted by Crippen LogP contribution is -2.12. The molecule has 0 heterocycles. The predicted molar refractivity (Wildman–Crippen MR) is 133 cm³/mol. The maximum atomic E-state index is 12.5. The molecule has 0 aliphatic rings. The van der Waals surface area contributed by atoms with Crippen LogP contribution in [0.2, 0.25) is 0 Å². The lowest BCUT2D eigenvalue weighted by Gasteiger charge is -2.08. The van der Waals surface area contributed by atoms with Crippen molar-refractivity contribution in [1.82, 2.24) is 0 Å². The Balaban J connectivity index is 1.51. The minimum absolute atomic E-state index is 0.0413. The van der Waals surface area contributed by atoms with E-state index in [1.807, 2.05) is 12.1 Å². The second kappa shape index (κ2) is 13.1. The molecule has 0 unspecified atom stereocenters. The number of carbonyl (C=O) groups is 3. The number of hydrogen-bond donors (Lipinski definition) is 1. The summed E-state index contributed by atoms with van der Waals surface area (Å²) in [6.45, 7) is 2.21. The number of aryl methyl sites for hydroxylation is 1. The Morgan fingerprint density at radius 2 is 1.26 bits per heavy atom. The Morgan fingerprint density at radius 1 is 0.686 bits per heavy atom. The Labute approximate surface area is 205 Å². The van der Waals surface area contributed by atoms with Crippen molar-refractivity contribution >= 4 is 17.9 Å². The highest BCUT2D eigenvalue weighted by atomic mass is 16.5. The summed E-state index contributed by atoms with van der Waals surface area (Å²) in [5, 5.41) is 9.21. The van der Waals surface area contributed by atoms with Gasteiger partial charge in [0.2, 0.25) is 0 Å². The first kappa shape index (κ1) is 25.7. The van der Waals surface area contributed by atoms with E-state index in [1.165, 1.54) is 74.1 Å². The van der Waals surface area contributed by atoms with Crippen molar-refractivity contribution in [1.29, 1.82) is 0 Å². The number of carboxylic acids is 1. The molecule has 182 valence electrons. The quantitative estimate of drug-likeness (QED) is 0.178. The molecule has 6 nitrogen and oxygen atoms in total. The monoisotopic (exact) mass is 474 g/mol. The van der Waals surface area contributed by atoms with Crippen molar-refractivity contribution in [3.63, 3.8) is 0 Å². The molecule has 0 aliphatic carbocycles. The zero-order chi connectivity index (χ0) is 25.0. The molecule has 0 amide bonds. The lowest BCUT2D eigenvalue weighted by atomic mass is 10.0. The fraction of sp³-hybridized carbons (Fsp3) is 0.276. The summed E-state index contributed by atoms with van der Waals surface area (Å²) in [6.07, 6.45) is 8.47. The van der Waals surface area contributed by atoms with Gasteiger partial charge in [0.05, 0.1) is 11.1 Å². The average Bonchev–Trinajstić information content (AvgIpc) is 2.87. The highest BCUT2D eigenvalue weighted by Gasteiger charge is 2.16. The molecule has 0 saturated carbocycles. The number of ether oxygens (including phenoxy) is 2. The van der Waals surface area contributed by atoms with Crippen LogP contribution in [0.15, 0.2) is 72.8 Å². The Morgan fingerprint density at radius 3 is 1.91 bits per heavy atom. The number of para-hydroxylation sites is 1. The Kier molecular flexibility index (Phi) is 9.60. The summed E-state index contributed by atoms with van der Waals surface area (Å²) >= 11 is 0. The van der Waals surface area contributed by atoms with E-state index in [0.29, 0.717) is 5.56 Å². The third-order valence-electron chi connectivity index (χ3n) is 5.63. The number of rotatable bonds is 12. The molecule has 0 aromatic heterocycles. The molecule has 0 bridgehead atoms. The highest BCUT2D eigenvalue weighted by Crippen LogP contribution is 2.21. The topological polar surface area (TPSA) is 89.9 Å². The van der Waals surface area contributed by atoms with Gasteiger partial charge in [0.25, 0.3) is 0 Å². The molecule has 3 aromatic carbocycles. The fourth-order valence-corrected chi connectivity index (χ4v) is 3.63. The van der Waals surface area contributed by atoms with Gasteiger partial charge in [0.15, 0.2) is 0 Å². The lowest BCUT2D eigenvalue weighted by molar-refractivity contribution is 0.0679. The van der Waals surface area contributed by atoms with Gasteiger partial charge in [-0.3, -0.25) is 0 Å². The van der Waals surface area contributed by atoms with Gasteiger partial charge in [-0.1, -0.05) is 63.3 Å². The Bertz CT molecular complexity index is 1130. The van der Waals surface area contributed by atoms with Gasteiger partial charge in [-0.05, 0) is 66.9 Å². The van der Waals surface area contributed by atoms with Gasteiger partial charge >= 0.3 is 17.9 Å². The zero-order valence-corrected chi connectivity index (χ0v) is 19.9. The molecule has 6 heteroatoms. The summed E-state index contributed by atoms with van der Waals surface area (Å²) in [5.74, 6) is -2.14. The largest absolute Gasteiger partial charge is 0.478 e. The van der Waals surface area contributed by atoms with Gasteiger partial charge in [-0.15, -0.1) is 0 Å². The number of carbonyl (C=O) groups excluding carboxylic acids is 2. The second-order valence-electron chi connectivity index (χ2n) is 8.32. The van der Waals surface area contributed by atoms with Crippen molar-refractivity contribution in [3.8, 4) is 11.5 Å². The summed E-state index contributed by atoms with van der Waals surface area (Å²) in [6, 6.07) is 19.2. The standard InChI is InChI=1S/C29H30O6/c1-2-3-4-5-6-7-10-21-13-15-22(16-14-21)28(32)34-24-19-17-23(18-20-24)29(33)35-26-12-9-8-11-25(26)27(30)31/h8-9,11-20H,2-7,10H2,1H3,(H,30,31). The second-order valence-corrected chi connectivity index (χ2v) is 8.32. The summed E-state index contributed by atoms with van der Waals surface area (Å²) in [7, 11) is 0. The molecule has 0 atom stereocenters. The average molecular weight is 475 g/mol. The van der Waals surface area contributed by atoms with E-state index in [2.05, 4.69) is 6.92 Å². The summed E-state index contributed by atoms with van der Waals surface area (Å²) < 4.78 is 10.6. The van der Waals surface area contributed by atoms with E-state index in [4.69, 9.17) is 9.47 Å². The first-order valence-corrected chi connectivity index (χ1v) is 11.9. The maximum Gasteiger partial charge on any atom is 0.343 e. The van der Waals surface area contributed by atoms with Gasteiger partial charge in [0, 0.05) is 0 Å². The normalized spacial score (nSPS) is 10.5. The molecule has 0 spiro atoms. The number of benzene rings is 3. The highest BCUT2D eigenvalue weighted by molar-refractivity contribution is 5.95. The maximum absolute atomic E-state index is 12.5. The van der Waals surface area contributed by atoms with E-state index < -0.39 is 17.9 Å². The molecule has 3 aromatic rings. The number of carboxylic acid groups (broad SMARTS) is 1. The van der Waals surface area contributed by atoms with Crippen LogP contribution in [0.4, 0.5) is 0 Å². The van der Waals surface area contributed by atoms with Crippen molar-refractivity contribution in [2.75, 3.05) is 0 Å². The van der Waals surface area contributed by atoms with Crippen LogP contribution >= 0.6 is 0 Å². The molecule has 35 heavy (non-hydrogen) atoms. The van der Waals surface area contributed by atoms with Gasteiger partial charge < -0.3 is 14.6 Å². The number of hydrogen-bond acceptors (Lipinski definition) is 5.